The van der Waals surface area contributed by atoms with Gasteiger partial charge in [0.05, 0.1) is 0 Å². The predicted octanol–water partition coefficient (Wildman–Crippen LogP) is 3.48. The van der Waals surface area contributed by atoms with Crippen LogP contribution in [-0.2, 0) is 16.1 Å². The normalized spacial score (nSPS) is 10.1. The first kappa shape index (κ1) is 18.1. The average molecular weight is 368 g/mol. The van der Waals surface area contributed by atoms with E-state index in [1.807, 2.05) is 0 Å². The molecule has 0 heterocycles. The molecule has 0 atom stereocenters. The number of hydrogen-bond acceptors (Lipinski definition) is 4. The van der Waals surface area contributed by atoms with Crippen molar-refractivity contribution in [3.8, 4) is 5.75 Å². The average Bonchev–Trinajstić information content (AvgIpc) is 2.58. The number of amides is 1. The molecule has 0 unspecified atom stereocenters. The third-order valence-electron chi connectivity index (χ3n) is 3.12. The van der Waals surface area contributed by atoms with Crippen molar-refractivity contribution in [1.82, 2.24) is 5.32 Å². The summed E-state index contributed by atoms with van der Waals surface area (Å²) in [5, 5.41) is 3.37. The maximum absolute atomic E-state index is 12.1. The zero-order valence-electron chi connectivity index (χ0n) is 12.8. The van der Waals surface area contributed by atoms with Crippen LogP contribution in [0.15, 0.2) is 42.5 Å². The number of halogens is 2. The van der Waals surface area contributed by atoms with E-state index < -0.39 is 11.9 Å². The van der Waals surface area contributed by atoms with Gasteiger partial charge < -0.3 is 14.8 Å². The second-order valence-electron chi connectivity index (χ2n) is 4.77. The number of carbonyl (C=O) groups excluding carboxylic acids is 2. The van der Waals surface area contributed by atoms with E-state index in [0.717, 1.165) is 5.56 Å². The second-order valence-corrected chi connectivity index (χ2v) is 5.61. The summed E-state index contributed by atoms with van der Waals surface area (Å²) in [5.41, 5.74) is 0.959. The Morgan fingerprint density at radius 1 is 1.12 bits per heavy atom. The lowest BCUT2D eigenvalue weighted by Crippen LogP contribution is -2.25. The zero-order valence-corrected chi connectivity index (χ0v) is 14.4. The Balaban J connectivity index is 2.08. The van der Waals surface area contributed by atoms with Gasteiger partial charge in [-0.15, -0.1) is 0 Å². The third-order valence-corrected chi connectivity index (χ3v) is 3.71. The van der Waals surface area contributed by atoms with Gasteiger partial charge in [-0.3, -0.25) is 4.79 Å². The predicted molar refractivity (Wildman–Crippen MR) is 91.6 cm³/mol. The number of hydrogen-bond donors (Lipinski definition) is 1. The number of benzene rings is 2. The van der Waals surface area contributed by atoms with E-state index in [1.165, 1.54) is 7.05 Å². The van der Waals surface area contributed by atoms with Gasteiger partial charge in [0.1, 0.15) is 17.9 Å². The molecule has 7 heteroatoms. The van der Waals surface area contributed by atoms with Crippen LogP contribution in [0.25, 0.3) is 0 Å². The molecule has 2 aromatic rings. The second kappa shape index (κ2) is 8.57. The van der Waals surface area contributed by atoms with Crippen LogP contribution in [0.5, 0.6) is 5.75 Å². The van der Waals surface area contributed by atoms with Crippen LogP contribution >= 0.6 is 23.2 Å². The lowest BCUT2D eigenvalue weighted by Gasteiger charge is -2.12. The third kappa shape index (κ3) is 4.88. The van der Waals surface area contributed by atoms with Crippen LogP contribution in [0.2, 0.25) is 10.0 Å². The van der Waals surface area contributed by atoms with E-state index in [-0.39, 0.29) is 18.8 Å². The molecular formula is C17H15Cl2NO4. The van der Waals surface area contributed by atoms with E-state index in [1.54, 1.807) is 42.5 Å². The SMILES string of the molecule is CNC(=O)COC(=O)c1ccccc1OCc1ccc(Cl)cc1Cl. The molecule has 0 spiro atoms. The monoisotopic (exact) mass is 367 g/mol. The summed E-state index contributed by atoms with van der Waals surface area (Å²) >= 11 is 12.0. The highest BCUT2D eigenvalue weighted by atomic mass is 35.5. The first-order valence-corrected chi connectivity index (χ1v) is 7.80. The topological polar surface area (TPSA) is 64.6 Å². The number of rotatable bonds is 6. The van der Waals surface area contributed by atoms with Crippen molar-refractivity contribution in [2.24, 2.45) is 0 Å². The molecule has 2 aromatic carbocycles. The number of likely N-dealkylation sites (N-methyl/N-ethyl adjacent to an activating group) is 1. The van der Waals surface area contributed by atoms with Crippen LogP contribution in [0, 0.1) is 0 Å². The molecule has 0 bridgehead atoms. The smallest absolute Gasteiger partial charge is 0.342 e. The summed E-state index contributed by atoms with van der Waals surface area (Å²) in [6.07, 6.45) is 0. The van der Waals surface area contributed by atoms with Crippen LogP contribution < -0.4 is 10.1 Å². The quantitative estimate of drug-likeness (QED) is 0.793. The lowest BCUT2D eigenvalue weighted by molar-refractivity contribution is -0.123. The molecule has 0 aliphatic carbocycles. The van der Waals surface area contributed by atoms with Crippen molar-refractivity contribution >= 4 is 35.1 Å². The minimum Gasteiger partial charge on any atom is -0.488 e. The fourth-order valence-corrected chi connectivity index (χ4v) is 2.30. The van der Waals surface area contributed by atoms with Crippen LogP contribution in [-0.4, -0.2) is 25.5 Å². The first-order valence-electron chi connectivity index (χ1n) is 7.04. The first-order chi connectivity index (χ1) is 11.5. The molecule has 1 N–H and O–H groups in total. The molecule has 0 aliphatic heterocycles. The summed E-state index contributed by atoms with van der Waals surface area (Å²) in [4.78, 5) is 23.2. The minimum atomic E-state index is -0.642. The Hall–Kier alpha value is -2.24. The summed E-state index contributed by atoms with van der Waals surface area (Å²) in [5.74, 6) is -0.698. The van der Waals surface area contributed by atoms with Gasteiger partial charge in [0.2, 0.25) is 0 Å². The Morgan fingerprint density at radius 2 is 1.88 bits per heavy atom. The summed E-state index contributed by atoms with van der Waals surface area (Å²) < 4.78 is 10.6. The standard InChI is InChI=1S/C17H15Cl2NO4/c1-20-16(21)10-24-17(22)13-4-2-3-5-15(13)23-9-11-6-7-12(18)8-14(11)19/h2-8H,9-10H2,1H3,(H,20,21). The van der Waals surface area contributed by atoms with Crippen molar-refractivity contribution in [3.63, 3.8) is 0 Å². The molecule has 24 heavy (non-hydrogen) atoms. The number of nitrogens with one attached hydrogen (secondary N) is 1. The maximum atomic E-state index is 12.1. The van der Waals surface area contributed by atoms with Gasteiger partial charge in [0, 0.05) is 22.7 Å². The molecule has 0 radical (unpaired) electrons. The molecule has 0 aromatic heterocycles. The summed E-state index contributed by atoms with van der Waals surface area (Å²) in [6, 6.07) is 11.7. The number of ether oxygens (including phenoxy) is 2. The van der Waals surface area contributed by atoms with Gasteiger partial charge in [0.25, 0.3) is 5.91 Å². The number of para-hydroxylation sites is 1. The maximum Gasteiger partial charge on any atom is 0.342 e. The molecule has 0 saturated carbocycles. The molecule has 5 nitrogen and oxygen atoms in total. The van der Waals surface area contributed by atoms with E-state index >= 15 is 0 Å². The van der Waals surface area contributed by atoms with Gasteiger partial charge in [-0.25, -0.2) is 4.79 Å². The van der Waals surface area contributed by atoms with Crippen LogP contribution in [0.3, 0.4) is 0 Å². The highest BCUT2D eigenvalue weighted by Gasteiger charge is 2.15. The van der Waals surface area contributed by atoms with Crippen molar-refractivity contribution in [2.45, 2.75) is 6.61 Å². The lowest BCUT2D eigenvalue weighted by atomic mass is 10.2. The van der Waals surface area contributed by atoms with Gasteiger partial charge >= 0.3 is 5.97 Å². The largest absolute Gasteiger partial charge is 0.488 e. The van der Waals surface area contributed by atoms with Gasteiger partial charge in [-0.05, 0) is 24.3 Å². The molecular weight excluding hydrogens is 353 g/mol. The Kier molecular flexibility index (Phi) is 6.46. The number of carbonyl (C=O) groups is 2. The Bertz CT molecular complexity index is 749. The minimum absolute atomic E-state index is 0.162. The van der Waals surface area contributed by atoms with E-state index in [4.69, 9.17) is 32.7 Å². The molecule has 0 fully saturated rings. The van der Waals surface area contributed by atoms with Crippen LogP contribution in [0.1, 0.15) is 15.9 Å². The molecule has 126 valence electrons. The highest BCUT2D eigenvalue weighted by molar-refractivity contribution is 6.35. The van der Waals surface area contributed by atoms with E-state index in [2.05, 4.69) is 5.32 Å². The van der Waals surface area contributed by atoms with Crippen molar-refractivity contribution in [1.29, 1.82) is 0 Å². The molecule has 2 rings (SSSR count). The summed E-state index contributed by atoms with van der Waals surface area (Å²) in [7, 11) is 1.46. The summed E-state index contributed by atoms with van der Waals surface area (Å²) in [6.45, 7) is -0.192. The Morgan fingerprint density at radius 3 is 2.58 bits per heavy atom. The zero-order chi connectivity index (χ0) is 17.5. The molecule has 0 saturated heterocycles. The molecule has 1 amide bonds. The van der Waals surface area contributed by atoms with Crippen molar-refractivity contribution in [2.75, 3.05) is 13.7 Å². The van der Waals surface area contributed by atoms with Gasteiger partial charge in [-0.1, -0.05) is 41.4 Å². The Labute approximate surface area is 149 Å². The fourth-order valence-electron chi connectivity index (χ4n) is 1.84. The van der Waals surface area contributed by atoms with E-state index in [9.17, 15) is 9.59 Å². The van der Waals surface area contributed by atoms with Gasteiger partial charge in [0.15, 0.2) is 6.61 Å². The van der Waals surface area contributed by atoms with Gasteiger partial charge in [-0.2, -0.15) is 0 Å². The van der Waals surface area contributed by atoms with E-state index in [0.29, 0.717) is 15.8 Å². The van der Waals surface area contributed by atoms with Crippen LogP contribution in [0.4, 0.5) is 0 Å². The van der Waals surface area contributed by atoms with Crippen molar-refractivity contribution < 1.29 is 19.1 Å². The number of esters is 1. The van der Waals surface area contributed by atoms with Crippen molar-refractivity contribution in [3.05, 3.63) is 63.6 Å². The fraction of sp³-hybridized carbons (Fsp3) is 0.176. The molecule has 0 aliphatic rings. The highest BCUT2D eigenvalue weighted by Crippen LogP contribution is 2.24.